The Morgan fingerprint density at radius 3 is 2.65 bits per heavy atom. The molecule has 0 aromatic carbocycles. The average Bonchev–Trinajstić information content (AvgIpc) is 3.01. The molecule has 1 N–H and O–H groups in total. The molecule has 1 aliphatic rings. The predicted octanol–water partition coefficient (Wildman–Crippen LogP) is 3.36. The van der Waals surface area contributed by atoms with Crippen LogP contribution in [0.3, 0.4) is 0 Å². The number of carbonyl (C=O) groups is 1. The van der Waals surface area contributed by atoms with Crippen LogP contribution in [0.5, 0.6) is 0 Å². The van der Waals surface area contributed by atoms with Crippen molar-refractivity contribution in [1.82, 2.24) is 9.88 Å². The lowest BCUT2D eigenvalue weighted by Gasteiger charge is -2.18. The van der Waals surface area contributed by atoms with Gasteiger partial charge in [-0.25, -0.2) is 0 Å². The number of hydrogen-bond donors (Lipinski definition) is 1. The van der Waals surface area contributed by atoms with Crippen molar-refractivity contribution in [3.8, 4) is 0 Å². The van der Waals surface area contributed by atoms with Crippen LogP contribution in [0.4, 0.5) is 0 Å². The molecule has 1 aromatic heterocycles. The first-order valence-corrected chi connectivity index (χ1v) is 6.96. The summed E-state index contributed by atoms with van der Waals surface area (Å²) in [6, 6.07) is 2.63. The van der Waals surface area contributed by atoms with E-state index < -0.39 is 0 Å². The van der Waals surface area contributed by atoms with Gasteiger partial charge in [0.15, 0.2) is 0 Å². The fourth-order valence-electron chi connectivity index (χ4n) is 1.73. The number of aromatic nitrogens is 1. The maximum absolute atomic E-state index is 12.2. The number of nitrogens with one attached hydrogen (secondary N) is 1. The van der Waals surface area contributed by atoms with E-state index in [0.717, 1.165) is 10.2 Å². The smallest absolute Gasteiger partial charge is 0.268 e. The molecule has 94 valence electrons. The van der Waals surface area contributed by atoms with Crippen LogP contribution in [0.15, 0.2) is 16.7 Å². The molecule has 1 amide bonds. The van der Waals surface area contributed by atoms with E-state index in [4.69, 9.17) is 0 Å². The van der Waals surface area contributed by atoms with Crippen LogP contribution in [0.2, 0.25) is 0 Å². The summed E-state index contributed by atoms with van der Waals surface area (Å²) in [5, 5.41) is 3.05. The largest absolute Gasteiger partial charge is 0.348 e. The highest BCUT2D eigenvalue weighted by atomic mass is 79.9. The average molecular weight is 299 g/mol. The molecule has 3 nitrogen and oxygen atoms in total. The Balaban J connectivity index is 2.13. The van der Waals surface area contributed by atoms with Crippen molar-refractivity contribution in [3.63, 3.8) is 0 Å². The van der Waals surface area contributed by atoms with Gasteiger partial charge in [0.2, 0.25) is 0 Å². The zero-order valence-corrected chi connectivity index (χ0v) is 12.1. The number of amides is 1. The Hall–Kier alpha value is -0.770. The standard InChI is InChI=1S/C13H19BrN2O/c1-8(2)9(3)15-13(17)12-6-10(14)7-16(12)11-4-5-11/h6-9,11H,4-5H2,1-3H3,(H,15,17). The van der Waals surface area contributed by atoms with Gasteiger partial charge in [-0.2, -0.15) is 0 Å². The summed E-state index contributed by atoms with van der Waals surface area (Å²) in [6.45, 7) is 6.27. The van der Waals surface area contributed by atoms with Gasteiger partial charge in [-0.3, -0.25) is 4.79 Å². The third kappa shape index (κ3) is 2.92. The molecular formula is C13H19BrN2O. The predicted molar refractivity (Wildman–Crippen MR) is 72.2 cm³/mol. The summed E-state index contributed by atoms with van der Waals surface area (Å²) < 4.78 is 3.07. The van der Waals surface area contributed by atoms with Gasteiger partial charge in [-0.15, -0.1) is 0 Å². The molecule has 1 atom stereocenters. The van der Waals surface area contributed by atoms with Crippen molar-refractivity contribution in [3.05, 3.63) is 22.4 Å². The normalized spacial score (nSPS) is 17.2. The van der Waals surface area contributed by atoms with Crippen LogP contribution in [-0.2, 0) is 0 Å². The second-order valence-electron chi connectivity index (χ2n) is 5.19. The SMILES string of the molecule is CC(C)C(C)NC(=O)c1cc(Br)cn1C1CC1. The molecule has 1 aliphatic carbocycles. The minimum absolute atomic E-state index is 0.0313. The summed E-state index contributed by atoms with van der Waals surface area (Å²) in [7, 11) is 0. The molecule has 0 radical (unpaired) electrons. The van der Waals surface area contributed by atoms with Gasteiger partial charge in [0.05, 0.1) is 0 Å². The lowest BCUT2D eigenvalue weighted by atomic mass is 10.1. The maximum atomic E-state index is 12.2. The third-order valence-electron chi connectivity index (χ3n) is 3.35. The van der Waals surface area contributed by atoms with E-state index >= 15 is 0 Å². The molecular weight excluding hydrogens is 280 g/mol. The number of hydrogen-bond acceptors (Lipinski definition) is 1. The minimum atomic E-state index is 0.0313. The lowest BCUT2D eigenvalue weighted by Crippen LogP contribution is -2.37. The molecule has 0 saturated heterocycles. The zero-order valence-electron chi connectivity index (χ0n) is 10.5. The summed E-state index contributed by atoms with van der Waals surface area (Å²) >= 11 is 3.44. The van der Waals surface area contributed by atoms with E-state index in [2.05, 4.69) is 39.7 Å². The summed E-state index contributed by atoms with van der Waals surface area (Å²) in [5.41, 5.74) is 0.770. The highest BCUT2D eigenvalue weighted by Crippen LogP contribution is 2.37. The van der Waals surface area contributed by atoms with Crippen LogP contribution in [0.25, 0.3) is 0 Å². The molecule has 1 unspecified atom stereocenters. The molecule has 1 heterocycles. The first-order valence-electron chi connectivity index (χ1n) is 6.17. The number of halogens is 1. The van der Waals surface area contributed by atoms with Crippen molar-refractivity contribution in [2.45, 2.75) is 45.7 Å². The molecule has 17 heavy (non-hydrogen) atoms. The molecule has 1 fully saturated rings. The highest BCUT2D eigenvalue weighted by Gasteiger charge is 2.28. The van der Waals surface area contributed by atoms with Crippen molar-refractivity contribution in [2.24, 2.45) is 5.92 Å². The van der Waals surface area contributed by atoms with Gasteiger partial charge in [-0.05, 0) is 47.7 Å². The van der Waals surface area contributed by atoms with E-state index in [1.165, 1.54) is 12.8 Å². The van der Waals surface area contributed by atoms with Crippen LogP contribution >= 0.6 is 15.9 Å². The van der Waals surface area contributed by atoms with E-state index in [1.54, 1.807) is 0 Å². The fourth-order valence-corrected chi connectivity index (χ4v) is 2.17. The molecule has 0 aliphatic heterocycles. The first kappa shape index (κ1) is 12.7. The van der Waals surface area contributed by atoms with Crippen LogP contribution in [-0.4, -0.2) is 16.5 Å². The zero-order chi connectivity index (χ0) is 12.6. The number of carbonyl (C=O) groups excluding carboxylic acids is 1. The Labute approximate surface area is 111 Å². The summed E-state index contributed by atoms with van der Waals surface area (Å²) in [5.74, 6) is 0.482. The minimum Gasteiger partial charge on any atom is -0.348 e. The van der Waals surface area contributed by atoms with Gasteiger partial charge in [-0.1, -0.05) is 13.8 Å². The molecule has 0 spiro atoms. The van der Waals surface area contributed by atoms with Crippen LogP contribution in [0, 0.1) is 5.92 Å². The quantitative estimate of drug-likeness (QED) is 0.909. The van der Waals surface area contributed by atoms with Gasteiger partial charge < -0.3 is 9.88 Å². The molecule has 0 bridgehead atoms. The summed E-state index contributed by atoms with van der Waals surface area (Å²) in [4.78, 5) is 12.2. The van der Waals surface area contributed by atoms with Gasteiger partial charge in [0.1, 0.15) is 5.69 Å². The van der Waals surface area contributed by atoms with E-state index in [1.807, 2.05) is 19.2 Å². The van der Waals surface area contributed by atoms with Crippen molar-refractivity contribution >= 4 is 21.8 Å². The molecule has 2 rings (SSSR count). The highest BCUT2D eigenvalue weighted by molar-refractivity contribution is 9.10. The molecule has 4 heteroatoms. The van der Waals surface area contributed by atoms with Gasteiger partial charge in [0.25, 0.3) is 5.91 Å². The van der Waals surface area contributed by atoms with Crippen molar-refractivity contribution in [2.75, 3.05) is 0 Å². The van der Waals surface area contributed by atoms with Crippen LogP contribution < -0.4 is 5.32 Å². The summed E-state index contributed by atoms with van der Waals surface area (Å²) in [6.07, 6.45) is 4.37. The third-order valence-corrected chi connectivity index (χ3v) is 3.78. The topological polar surface area (TPSA) is 34.0 Å². The lowest BCUT2D eigenvalue weighted by molar-refractivity contribution is 0.0921. The van der Waals surface area contributed by atoms with Crippen LogP contribution in [0.1, 0.15) is 50.1 Å². The number of nitrogens with zero attached hydrogens (tertiary/aromatic N) is 1. The van der Waals surface area contributed by atoms with Gasteiger partial charge in [0, 0.05) is 22.8 Å². The molecule has 1 saturated carbocycles. The van der Waals surface area contributed by atoms with E-state index in [0.29, 0.717) is 12.0 Å². The Bertz CT molecular complexity index is 421. The van der Waals surface area contributed by atoms with Crippen molar-refractivity contribution in [1.29, 1.82) is 0 Å². The Kier molecular flexibility index (Phi) is 3.61. The second-order valence-corrected chi connectivity index (χ2v) is 6.10. The maximum Gasteiger partial charge on any atom is 0.268 e. The van der Waals surface area contributed by atoms with E-state index in [-0.39, 0.29) is 11.9 Å². The fraction of sp³-hybridized carbons (Fsp3) is 0.615. The monoisotopic (exact) mass is 298 g/mol. The van der Waals surface area contributed by atoms with Crippen molar-refractivity contribution < 1.29 is 4.79 Å². The van der Waals surface area contributed by atoms with Gasteiger partial charge >= 0.3 is 0 Å². The molecule has 1 aromatic rings. The Morgan fingerprint density at radius 1 is 1.47 bits per heavy atom. The second kappa shape index (κ2) is 4.84. The first-order chi connectivity index (χ1) is 7.99. The van der Waals surface area contributed by atoms with E-state index in [9.17, 15) is 4.79 Å². The Morgan fingerprint density at radius 2 is 2.12 bits per heavy atom. The number of rotatable bonds is 4.